The molecule has 0 bridgehead atoms. The third-order valence-corrected chi connectivity index (χ3v) is 12.6. The molecule has 1 fully saturated rings. The van der Waals surface area contributed by atoms with Crippen LogP contribution in [0.3, 0.4) is 0 Å². The van der Waals surface area contributed by atoms with Gasteiger partial charge in [0.15, 0.2) is 0 Å². The van der Waals surface area contributed by atoms with Crippen LogP contribution in [0.4, 0.5) is 5.69 Å². The van der Waals surface area contributed by atoms with Gasteiger partial charge in [0.25, 0.3) is 0 Å². The van der Waals surface area contributed by atoms with Crippen LogP contribution in [0.2, 0.25) is 0 Å². The average molecular weight is 512 g/mol. The Morgan fingerprint density at radius 3 is 1.71 bits per heavy atom. The molecule has 1 aromatic carbocycles. The summed E-state index contributed by atoms with van der Waals surface area (Å²) in [5.74, 6) is 0.824. The summed E-state index contributed by atoms with van der Waals surface area (Å²) in [4.78, 5) is 26.0. The molecule has 6 nitrogen and oxygen atoms in total. The second-order valence-corrected chi connectivity index (χ2v) is 15.8. The number of unbranched alkanes of at least 4 members (excludes halogenated alkanes) is 11. The molecule has 0 amide bonds. The molecule has 2 N–H and O–H groups in total. The first kappa shape index (κ1) is 29.0. The molecule has 0 aliphatic carbocycles. The molecular weight excluding hydrogens is 466 g/mol. The van der Waals surface area contributed by atoms with Crippen molar-refractivity contribution in [2.75, 3.05) is 18.9 Å². The molecule has 0 atom stereocenters. The second-order valence-electron chi connectivity index (χ2n) is 10.2. The zero-order chi connectivity index (χ0) is 24.9. The van der Waals surface area contributed by atoms with Crippen molar-refractivity contribution in [2.45, 2.75) is 104 Å². The van der Waals surface area contributed by atoms with Crippen molar-refractivity contribution in [1.29, 1.82) is 0 Å². The van der Waals surface area contributed by atoms with Crippen LogP contribution < -0.4 is 5.73 Å². The van der Waals surface area contributed by atoms with Crippen molar-refractivity contribution in [2.24, 2.45) is 5.92 Å². The summed E-state index contributed by atoms with van der Waals surface area (Å²) >= 11 is -6.10. The number of benzene rings is 1. The topological polar surface area (TPSA) is 95.7 Å². The minimum absolute atomic E-state index is 0.00506. The van der Waals surface area contributed by atoms with Gasteiger partial charge in [0.1, 0.15) is 0 Å². The van der Waals surface area contributed by atoms with Crippen LogP contribution in [-0.2, 0) is 30.8 Å². The summed E-state index contributed by atoms with van der Waals surface area (Å²) in [6.45, 7) is 4.59. The Morgan fingerprint density at radius 1 is 0.794 bits per heavy atom. The molecule has 1 saturated heterocycles. The van der Waals surface area contributed by atoms with Crippen molar-refractivity contribution in [3.63, 3.8) is 0 Å². The Balaban J connectivity index is 1.62. The third-order valence-electron chi connectivity index (χ3n) is 6.79. The molecule has 192 valence electrons. The van der Waals surface area contributed by atoms with Gasteiger partial charge in [-0.2, -0.15) is 0 Å². The van der Waals surface area contributed by atoms with Crippen molar-refractivity contribution >= 4 is 13.9 Å². The van der Waals surface area contributed by atoms with Gasteiger partial charge >= 0.3 is 169 Å². The van der Waals surface area contributed by atoms with Crippen LogP contribution in [0.25, 0.3) is 0 Å². The van der Waals surface area contributed by atoms with E-state index in [1.165, 1.54) is 69.9 Å². The molecule has 7 heteroatoms. The van der Waals surface area contributed by atoms with Gasteiger partial charge in [0, 0.05) is 0 Å². The van der Waals surface area contributed by atoms with E-state index in [-0.39, 0.29) is 25.2 Å². The normalized spacial score (nSPS) is 16.4. The predicted octanol–water partition coefficient (Wildman–Crippen LogP) is 6.96. The molecule has 1 aliphatic rings. The Labute approximate surface area is 207 Å². The van der Waals surface area contributed by atoms with Gasteiger partial charge in [-0.25, -0.2) is 0 Å². The van der Waals surface area contributed by atoms with Crippen LogP contribution in [0.15, 0.2) is 24.3 Å². The monoisotopic (exact) mass is 511 g/mol. The summed E-state index contributed by atoms with van der Waals surface area (Å²) in [7, 11) is 0. The number of carbonyl (C=O) groups is 2. The number of nitrogens with two attached hydrogens (primary N) is 1. The van der Waals surface area contributed by atoms with Crippen LogP contribution >= 0.6 is 0 Å². The molecule has 34 heavy (non-hydrogen) atoms. The van der Waals surface area contributed by atoms with Gasteiger partial charge in [-0.1, -0.05) is 33.1 Å². The minimum atomic E-state index is -6.10. The van der Waals surface area contributed by atoms with Crippen LogP contribution in [-0.4, -0.2) is 21.4 Å². The van der Waals surface area contributed by atoms with E-state index in [1.54, 1.807) is 12.1 Å². The number of carbonyl (C=O) groups excluding carboxylic acids is 2. The van der Waals surface area contributed by atoms with E-state index in [9.17, 15) is 12.9 Å². The number of anilines is 1. The van der Waals surface area contributed by atoms with E-state index >= 15 is 0 Å². The first-order chi connectivity index (χ1) is 16.3. The SMILES string of the molecule is CC(C)CCCCCCCCCCCCCC[C](=O)[Ti]1(=[O])([C](=O)c2ccc(N)cc2)[O]CC[O]1. The Kier molecular flexibility index (Phi) is 12.3. The van der Waals surface area contributed by atoms with E-state index in [0.717, 1.165) is 25.2 Å². The third kappa shape index (κ3) is 8.47. The van der Waals surface area contributed by atoms with Crippen molar-refractivity contribution in [1.82, 2.24) is 0 Å². The first-order valence-electron chi connectivity index (χ1n) is 13.4. The number of rotatable bonds is 18. The van der Waals surface area contributed by atoms with Gasteiger partial charge in [-0.15, -0.1) is 0 Å². The average Bonchev–Trinajstić information content (AvgIpc) is 3.24. The Morgan fingerprint density at radius 2 is 1.24 bits per heavy atom. The summed E-state index contributed by atoms with van der Waals surface area (Å²) in [5, 5.41) is 0. The number of hydrogen-bond acceptors (Lipinski definition) is 6. The van der Waals surface area contributed by atoms with E-state index in [0.29, 0.717) is 12.1 Å². The summed E-state index contributed by atoms with van der Waals surface area (Å²) in [5.41, 5.74) is 6.30. The Bertz CT molecular complexity index is 824. The van der Waals surface area contributed by atoms with Crippen LogP contribution in [0.1, 0.15) is 114 Å². The molecule has 0 saturated carbocycles. The summed E-state index contributed by atoms with van der Waals surface area (Å²) < 4.78 is 23.1. The van der Waals surface area contributed by atoms with Crippen molar-refractivity contribution in [3.05, 3.63) is 29.8 Å². The van der Waals surface area contributed by atoms with Gasteiger partial charge in [0.2, 0.25) is 0 Å². The van der Waals surface area contributed by atoms with E-state index < -0.39 is 24.2 Å². The zero-order valence-electron chi connectivity index (χ0n) is 21.3. The molecule has 1 heterocycles. The molecule has 1 aliphatic heterocycles. The number of hydrogen-bond donors (Lipinski definition) is 1. The zero-order valence-corrected chi connectivity index (χ0v) is 22.9. The van der Waals surface area contributed by atoms with Gasteiger partial charge in [-0.3, -0.25) is 0 Å². The molecule has 0 aromatic heterocycles. The fraction of sp³-hybridized carbons (Fsp3) is 0.704. The molecule has 0 radical (unpaired) electrons. The maximum atomic E-state index is 13.8. The summed E-state index contributed by atoms with van der Waals surface area (Å²) in [6.07, 6.45) is 15.6. The fourth-order valence-corrected chi connectivity index (χ4v) is 9.46. The van der Waals surface area contributed by atoms with Crippen molar-refractivity contribution < 1.29 is 35.6 Å². The first-order valence-corrected chi connectivity index (χ1v) is 16.8. The second kappa shape index (κ2) is 14.4. The summed E-state index contributed by atoms with van der Waals surface area (Å²) in [6, 6.07) is 6.02. The van der Waals surface area contributed by atoms with Crippen molar-refractivity contribution in [3.8, 4) is 0 Å². The van der Waals surface area contributed by atoms with E-state index in [1.807, 2.05) is 0 Å². The number of nitrogen functional groups attached to an aromatic ring is 1. The molecular formula is C27H45NO5Ti. The maximum absolute atomic E-state index is 13.8. The standard InChI is InChI=1S/C18H35O.C7H6NO.C2H4O2.O.Ti/c1-18(2)16-14-12-10-8-6-4-3-5-7-9-11-13-15-17-19;8-7-3-1-6(5-9)2-4-7;3-1-2-4;;/h18H,3-16H2,1-2H3;1-4H,8H2;1-2H2;;/q;;-2;;+2. The van der Waals surface area contributed by atoms with Crippen LogP contribution in [0.5, 0.6) is 0 Å². The van der Waals surface area contributed by atoms with Gasteiger partial charge in [0.05, 0.1) is 0 Å². The quantitative estimate of drug-likeness (QED) is 0.130. The van der Waals surface area contributed by atoms with E-state index in [4.69, 9.17) is 12.4 Å². The molecule has 0 spiro atoms. The predicted molar refractivity (Wildman–Crippen MR) is 132 cm³/mol. The van der Waals surface area contributed by atoms with Gasteiger partial charge < -0.3 is 0 Å². The van der Waals surface area contributed by atoms with Gasteiger partial charge in [-0.05, 0) is 5.92 Å². The Hall–Kier alpha value is -1.21. The molecule has 2 rings (SSSR count). The van der Waals surface area contributed by atoms with E-state index in [2.05, 4.69) is 13.8 Å². The molecule has 1 aromatic rings. The molecule has 0 unspecified atom stereocenters. The fourth-order valence-electron chi connectivity index (χ4n) is 4.62. The van der Waals surface area contributed by atoms with Crippen LogP contribution in [0, 0.1) is 5.92 Å².